The first-order valence-electron chi connectivity index (χ1n) is 6.99. The van der Waals surface area contributed by atoms with Crippen LogP contribution in [0.15, 0.2) is 24.4 Å². The lowest BCUT2D eigenvalue weighted by Gasteiger charge is -2.24. The molecule has 2 heterocycles. The molecule has 2 aromatic heterocycles. The van der Waals surface area contributed by atoms with Crippen molar-refractivity contribution < 1.29 is 4.79 Å². The monoisotopic (exact) mass is 274 g/mol. The van der Waals surface area contributed by atoms with Gasteiger partial charge in [-0.2, -0.15) is 0 Å². The first-order valence-corrected chi connectivity index (χ1v) is 6.99. The van der Waals surface area contributed by atoms with Crippen molar-refractivity contribution in [3.05, 3.63) is 30.1 Å². The van der Waals surface area contributed by atoms with Gasteiger partial charge in [0.2, 0.25) is 0 Å². The van der Waals surface area contributed by atoms with Crippen LogP contribution < -0.4 is 4.90 Å². The highest BCUT2D eigenvalue weighted by Crippen LogP contribution is 2.20. The molecule has 0 spiro atoms. The summed E-state index contributed by atoms with van der Waals surface area (Å²) in [5.74, 6) is 0.787. The molecule has 0 aliphatic carbocycles. The van der Waals surface area contributed by atoms with Crippen LogP contribution >= 0.6 is 0 Å². The molecule has 0 fully saturated rings. The Morgan fingerprint density at radius 1 is 1.25 bits per heavy atom. The van der Waals surface area contributed by atoms with E-state index in [9.17, 15) is 4.79 Å². The van der Waals surface area contributed by atoms with Gasteiger partial charge in [0.25, 0.3) is 0 Å². The number of aromatic nitrogens is 2. The Balaban J connectivity index is 2.38. The zero-order chi connectivity index (χ0) is 14.5. The van der Waals surface area contributed by atoms with Gasteiger partial charge in [-0.05, 0) is 32.6 Å². The van der Waals surface area contributed by atoms with Crippen molar-refractivity contribution in [1.82, 2.24) is 14.3 Å². The zero-order valence-corrected chi connectivity index (χ0v) is 12.4. The van der Waals surface area contributed by atoms with E-state index in [0.29, 0.717) is 5.69 Å². The Kier molecular flexibility index (Phi) is 4.74. The van der Waals surface area contributed by atoms with Gasteiger partial charge in [0.1, 0.15) is 11.3 Å². The Bertz CT molecular complexity index is 576. The molecule has 0 atom stereocenters. The van der Waals surface area contributed by atoms with Gasteiger partial charge in [-0.3, -0.25) is 9.20 Å². The minimum atomic E-state index is 0.632. The van der Waals surface area contributed by atoms with Gasteiger partial charge < -0.3 is 9.80 Å². The first kappa shape index (κ1) is 14.5. The SMILES string of the molecule is CCCN(CCN(C)C)c1nc2ccccn2c1C=O. The first-order chi connectivity index (χ1) is 9.67. The van der Waals surface area contributed by atoms with Crippen LogP contribution in [0.2, 0.25) is 0 Å². The highest BCUT2D eigenvalue weighted by atomic mass is 16.1. The molecular formula is C15H22N4O. The second kappa shape index (κ2) is 6.52. The molecule has 0 bridgehead atoms. The lowest BCUT2D eigenvalue weighted by atomic mass is 10.3. The van der Waals surface area contributed by atoms with E-state index in [4.69, 9.17) is 0 Å². The molecule has 20 heavy (non-hydrogen) atoms. The van der Waals surface area contributed by atoms with Crippen LogP contribution in [0.4, 0.5) is 5.82 Å². The van der Waals surface area contributed by atoms with Gasteiger partial charge in [0.05, 0.1) is 0 Å². The third kappa shape index (κ3) is 2.99. The second-order valence-electron chi connectivity index (χ2n) is 5.16. The van der Waals surface area contributed by atoms with Gasteiger partial charge in [0.15, 0.2) is 12.1 Å². The van der Waals surface area contributed by atoms with Crippen LogP contribution in [0.3, 0.4) is 0 Å². The maximum atomic E-state index is 11.5. The average Bonchev–Trinajstić information content (AvgIpc) is 2.81. The van der Waals surface area contributed by atoms with E-state index < -0.39 is 0 Å². The fraction of sp³-hybridized carbons (Fsp3) is 0.467. The number of pyridine rings is 1. The lowest BCUT2D eigenvalue weighted by molar-refractivity contribution is 0.111. The molecule has 0 unspecified atom stereocenters. The van der Waals surface area contributed by atoms with Crippen LogP contribution in [-0.4, -0.2) is 54.3 Å². The molecule has 2 aromatic rings. The summed E-state index contributed by atoms with van der Waals surface area (Å²) < 4.78 is 1.85. The summed E-state index contributed by atoms with van der Waals surface area (Å²) in [6, 6.07) is 5.77. The number of rotatable bonds is 7. The van der Waals surface area contributed by atoms with Crippen molar-refractivity contribution in [2.75, 3.05) is 38.6 Å². The molecule has 0 aliphatic rings. The van der Waals surface area contributed by atoms with E-state index >= 15 is 0 Å². The number of anilines is 1. The zero-order valence-electron chi connectivity index (χ0n) is 12.4. The molecule has 5 nitrogen and oxygen atoms in total. The summed E-state index contributed by atoms with van der Waals surface area (Å²) in [7, 11) is 4.10. The fourth-order valence-corrected chi connectivity index (χ4v) is 2.26. The van der Waals surface area contributed by atoms with E-state index in [1.807, 2.05) is 28.8 Å². The molecular weight excluding hydrogens is 252 g/mol. The minimum Gasteiger partial charge on any atom is -0.353 e. The Morgan fingerprint density at radius 3 is 2.70 bits per heavy atom. The fourth-order valence-electron chi connectivity index (χ4n) is 2.26. The van der Waals surface area contributed by atoms with Crippen molar-refractivity contribution in [3.8, 4) is 0 Å². The van der Waals surface area contributed by atoms with E-state index in [1.54, 1.807) is 0 Å². The van der Waals surface area contributed by atoms with Crippen LogP contribution in [-0.2, 0) is 0 Å². The van der Waals surface area contributed by atoms with E-state index in [0.717, 1.165) is 43.8 Å². The van der Waals surface area contributed by atoms with Gasteiger partial charge in [-0.15, -0.1) is 0 Å². The molecule has 0 saturated carbocycles. The largest absolute Gasteiger partial charge is 0.353 e. The molecule has 108 valence electrons. The number of carbonyl (C=O) groups is 1. The maximum absolute atomic E-state index is 11.5. The van der Waals surface area contributed by atoms with Gasteiger partial charge in [0, 0.05) is 25.8 Å². The third-order valence-electron chi connectivity index (χ3n) is 3.27. The summed E-state index contributed by atoms with van der Waals surface area (Å²) >= 11 is 0. The normalized spacial score (nSPS) is 11.2. The molecule has 0 aliphatic heterocycles. The number of nitrogens with zero attached hydrogens (tertiary/aromatic N) is 4. The second-order valence-corrected chi connectivity index (χ2v) is 5.16. The summed E-state index contributed by atoms with van der Waals surface area (Å²) in [6.07, 6.45) is 3.80. The minimum absolute atomic E-state index is 0.632. The molecule has 0 saturated heterocycles. The summed E-state index contributed by atoms with van der Waals surface area (Å²) in [4.78, 5) is 20.4. The highest BCUT2D eigenvalue weighted by molar-refractivity contribution is 5.83. The topological polar surface area (TPSA) is 40.9 Å². The number of hydrogen-bond acceptors (Lipinski definition) is 4. The number of carbonyl (C=O) groups excluding carboxylic acids is 1. The number of fused-ring (bicyclic) bond motifs is 1. The molecule has 5 heteroatoms. The van der Waals surface area contributed by atoms with Gasteiger partial charge in [-0.25, -0.2) is 4.98 Å². The quantitative estimate of drug-likeness (QED) is 0.723. The van der Waals surface area contributed by atoms with Crippen LogP contribution in [0.5, 0.6) is 0 Å². The lowest BCUT2D eigenvalue weighted by Crippen LogP contribution is -2.33. The molecule has 0 aromatic carbocycles. The Morgan fingerprint density at radius 2 is 2.05 bits per heavy atom. The van der Waals surface area contributed by atoms with E-state index in [1.165, 1.54) is 0 Å². The number of hydrogen-bond donors (Lipinski definition) is 0. The molecule has 0 amide bonds. The van der Waals surface area contributed by atoms with Crippen LogP contribution in [0, 0.1) is 0 Å². The van der Waals surface area contributed by atoms with Gasteiger partial charge in [-0.1, -0.05) is 13.0 Å². The average molecular weight is 274 g/mol. The van der Waals surface area contributed by atoms with Crippen molar-refractivity contribution >= 4 is 17.8 Å². The Labute approximate surface area is 119 Å². The Hall–Kier alpha value is -1.88. The molecule has 0 N–H and O–H groups in total. The summed E-state index contributed by atoms with van der Waals surface area (Å²) in [5.41, 5.74) is 1.45. The predicted molar refractivity (Wildman–Crippen MR) is 81.6 cm³/mol. The summed E-state index contributed by atoms with van der Waals surface area (Å²) in [6.45, 7) is 4.84. The number of likely N-dealkylation sites (N-methyl/N-ethyl adjacent to an activating group) is 1. The standard InChI is InChI=1S/C15H22N4O/c1-4-8-18(11-10-17(2)3)15-13(12-20)19-9-6-5-7-14(19)16-15/h5-7,9,12H,4,8,10-11H2,1-3H3. The van der Waals surface area contributed by atoms with E-state index in [-0.39, 0.29) is 0 Å². The third-order valence-corrected chi connectivity index (χ3v) is 3.27. The van der Waals surface area contributed by atoms with Crippen molar-refractivity contribution in [3.63, 3.8) is 0 Å². The maximum Gasteiger partial charge on any atom is 0.170 e. The number of imidazole rings is 1. The molecule has 0 radical (unpaired) electrons. The van der Waals surface area contributed by atoms with Gasteiger partial charge >= 0.3 is 0 Å². The highest BCUT2D eigenvalue weighted by Gasteiger charge is 2.17. The van der Waals surface area contributed by atoms with Crippen molar-refractivity contribution in [1.29, 1.82) is 0 Å². The van der Waals surface area contributed by atoms with Crippen LogP contribution in [0.1, 0.15) is 23.8 Å². The predicted octanol–water partition coefficient (Wildman–Crippen LogP) is 1.92. The van der Waals surface area contributed by atoms with E-state index in [2.05, 4.69) is 35.8 Å². The van der Waals surface area contributed by atoms with Crippen molar-refractivity contribution in [2.24, 2.45) is 0 Å². The van der Waals surface area contributed by atoms with Crippen molar-refractivity contribution in [2.45, 2.75) is 13.3 Å². The number of aldehydes is 1. The summed E-state index contributed by atoms with van der Waals surface area (Å²) in [5, 5.41) is 0. The smallest absolute Gasteiger partial charge is 0.170 e. The van der Waals surface area contributed by atoms with Crippen LogP contribution in [0.25, 0.3) is 5.65 Å². The molecule has 2 rings (SSSR count).